The van der Waals surface area contributed by atoms with Gasteiger partial charge in [0.25, 0.3) is 0 Å². The third kappa shape index (κ3) is 42.4. The molecule has 0 aromatic carbocycles. The smallest absolute Gasteiger partial charge is 0.306 e. The fraction of sp³-hybridized carbons (Fsp3) is 0.720. The molecule has 322 valence electrons. The fourth-order valence-corrected chi connectivity index (χ4v) is 6.23. The second kappa shape index (κ2) is 43.4. The number of ether oxygens (including phenoxy) is 2. The molecule has 0 bridgehead atoms. The van der Waals surface area contributed by atoms with E-state index in [9.17, 15) is 19.8 Å². The van der Waals surface area contributed by atoms with Crippen molar-refractivity contribution >= 4 is 11.9 Å². The number of carbonyl (C=O) groups excluding carboxylic acids is 2. The van der Waals surface area contributed by atoms with Gasteiger partial charge >= 0.3 is 11.9 Å². The molecule has 0 rings (SSSR count). The number of esters is 2. The summed E-state index contributed by atoms with van der Waals surface area (Å²) in [5.41, 5.74) is 0. The molecule has 0 saturated carbocycles. The summed E-state index contributed by atoms with van der Waals surface area (Å²) >= 11 is 0. The van der Waals surface area contributed by atoms with Gasteiger partial charge in [-0.05, 0) is 50.9 Å². The van der Waals surface area contributed by atoms with Gasteiger partial charge in [0.1, 0.15) is 19.3 Å². The maximum absolute atomic E-state index is 12.0. The van der Waals surface area contributed by atoms with Gasteiger partial charge in [0.15, 0.2) is 0 Å². The number of hydrogen-bond acceptors (Lipinski definition) is 6. The van der Waals surface area contributed by atoms with E-state index >= 15 is 0 Å². The van der Waals surface area contributed by atoms with E-state index in [1.165, 1.54) is 109 Å². The molecule has 0 radical (unpaired) electrons. The van der Waals surface area contributed by atoms with Gasteiger partial charge in [0, 0.05) is 12.8 Å². The second-order valence-corrected chi connectivity index (χ2v) is 15.6. The maximum atomic E-state index is 12.0. The Morgan fingerprint density at radius 2 is 0.964 bits per heavy atom. The Morgan fingerprint density at radius 3 is 1.46 bits per heavy atom. The molecule has 3 atom stereocenters. The van der Waals surface area contributed by atoms with Gasteiger partial charge in [-0.2, -0.15) is 0 Å². The van der Waals surface area contributed by atoms with Crippen molar-refractivity contribution < 1.29 is 29.3 Å². The zero-order valence-corrected chi connectivity index (χ0v) is 36.4. The summed E-state index contributed by atoms with van der Waals surface area (Å²) in [4.78, 5) is 24.0. The summed E-state index contributed by atoms with van der Waals surface area (Å²) in [6.07, 6.45) is 54.5. The average Bonchev–Trinajstić information content (AvgIpc) is 3.19. The molecule has 0 aliphatic carbocycles. The number of unbranched alkanes of at least 4 members (excludes halogenated alkanes) is 17. The second-order valence-electron chi connectivity index (χ2n) is 15.6. The van der Waals surface area contributed by atoms with Crippen LogP contribution >= 0.6 is 0 Å². The molecule has 6 heteroatoms. The molecule has 0 saturated heterocycles. The minimum atomic E-state index is -1.01. The number of allylic oxidation sites excluding steroid dienone is 10. The van der Waals surface area contributed by atoms with Crippen LogP contribution in [0.15, 0.2) is 72.9 Å². The summed E-state index contributed by atoms with van der Waals surface area (Å²) in [5, 5.41) is 19.9. The fourth-order valence-electron chi connectivity index (χ4n) is 6.23. The zero-order valence-electron chi connectivity index (χ0n) is 36.4. The van der Waals surface area contributed by atoms with E-state index in [4.69, 9.17) is 9.47 Å². The van der Waals surface area contributed by atoms with Crippen molar-refractivity contribution in [2.75, 3.05) is 13.2 Å². The van der Waals surface area contributed by atoms with Crippen LogP contribution in [-0.2, 0) is 19.1 Å². The van der Waals surface area contributed by atoms with E-state index in [2.05, 4.69) is 57.2 Å². The first-order chi connectivity index (χ1) is 27.4. The van der Waals surface area contributed by atoms with E-state index < -0.39 is 12.2 Å². The first-order valence-electron chi connectivity index (χ1n) is 23.0. The van der Waals surface area contributed by atoms with Gasteiger partial charge in [0.2, 0.25) is 0 Å². The minimum Gasteiger partial charge on any atom is -0.463 e. The highest BCUT2D eigenvalue weighted by atomic mass is 16.6. The Morgan fingerprint density at radius 1 is 0.518 bits per heavy atom. The highest BCUT2D eigenvalue weighted by Gasteiger charge is 2.12. The molecular weight excluding hydrogens is 697 g/mol. The predicted octanol–water partition coefficient (Wildman–Crippen LogP) is 13.7. The highest BCUT2D eigenvalue weighted by molar-refractivity contribution is 5.70. The molecule has 2 unspecified atom stereocenters. The summed E-state index contributed by atoms with van der Waals surface area (Å²) < 4.78 is 10.3. The van der Waals surface area contributed by atoms with Gasteiger partial charge in [-0.3, -0.25) is 9.59 Å². The first-order valence-corrected chi connectivity index (χ1v) is 23.0. The summed E-state index contributed by atoms with van der Waals surface area (Å²) in [6, 6.07) is 0. The van der Waals surface area contributed by atoms with Crippen LogP contribution in [0.3, 0.4) is 0 Å². The lowest BCUT2D eigenvalue weighted by Gasteiger charge is -2.12. The Balaban J connectivity index is 3.55. The van der Waals surface area contributed by atoms with E-state index in [-0.39, 0.29) is 31.6 Å². The average molecular weight is 783 g/mol. The molecule has 56 heavy (non-hydrogen) atoms. The Bertz CT molecular complexity index is 1050. The van der Waals surface area contributed by atoms with Crippen molar-refractivity contribution in [3.05, 3.63) is 72.9 Å². The molecular formula is C50H86O6. The molecule has 0 heterocycles. The van der Waals surface area contributed by atoms with Gasteiger partial charge in [-0.25, -0.2) is 0 Å². The van der Waals surface area contributed by atoms with Crippen molar-refractivity contribution in [3.63, 3.8) is 0 Å². The van der Waals surface area contributed by atoms with E-state index in [0.717, 1.165) is 50.9 Å². The largest absolute Gasteiger partial charge is 0.463 e. The molecule has 0 fully saturated rings. The molecule has 0 aromatic rings. The number of aliphatic hydroxyl groups is 2. The van der Waals surface area contributed by atoms with Crippen molar-refractivity contribution in [1.82, 2.24) is 0 Å². The molecule has 0 aliphatic heterocycles. The van der Waals surface area contributed by atoms with Crippen molar-refractivity contribution in [2.45, 2.75) is 213 Å². The summed E-state index contributed by atoms with van der Waals surface area (Å²) in [7, 11) is 0. The highest BCUT2D eigenvalue weighted by Crippen LogP contribution is 2.17. The third-order valence-electron chi connectivity index (χ3n) is 10.1. The van der Waals surface area contributed by atoms with Gasteiger partial charge < -0.3 is 19.7 Å². The lowest BCUT2D eigenvalue weighted by atomic mass is 9.99. The SMILES string of the molecule is CC/C=C\CC(O)/C=C/C=C/C/C=C\C/C=C\C/C=C\CCC(=O)OC[C@@H](O)COC(=O)CCCCCCCCCCCCCCCCCCCCC(C)CC. The standard InChI is InChI=1S/C50H86O6/c1-4-6-34-40-47(51)41-36-31-27-23-19-15-13-17-21-25-29-33-38-43-50(54)56-45-48(52)44-55-49(53)42-37-32-28-24-20-16-12-10-8-7-9-11-14-18-22-26-30-35-39-46(3)5-2/h6,15,17,19,21,27,29,31,33-34,36,41,46-48,51-52H,4-5,7-14,16,18,20,22-26,28,30,32,35,37-40,42-45H2,1-3H3/b19-15-,21-17-,31-27+,33-29-,34-6-,41-36+/t46?,47?,48-/m0/s1. The minimum absolute atomic E-state index is 0.150. The van der Waals surface area contributed by atoms with Crippen LogP contribution in [0.1, 0.15) is 201 Å². The molecule has 6 nitrogen and oxygen atoms in total. The van der Waals surface area contributed by atoms with Crippen LogP contribution in [0.5, 0.6) is 0 Å². The number of rotatable bonds is 40. The first kappa shape index (κ1) is 53.3. The molecule has 0 aromatic heterocycles. The number of aliphatic hydroxyl groups excluding tert-OH is 2. The number of hydrogen-bond donors (Lipinski definition) is 2. The third-order valence-corrected chi connectivity index (χ3v) is 10.1. The van der Waals surface area contributed by atoms with Gasteiger partial charge in [-0.1, -0.05) is 216 Å². The van der Waals surface area contributed by atoms with E-state index in [1.54, 1.807) is 6.08 Å². The number of carbonyl (C=O) groups is 2. The van der Waals surface area contributed by atoms with Crippen LogP contribution in [0.4, 0.5) is 0 Å². The quantitative estimate of drug-likeness (QED) is 0.0278. The predicted molar refractivity (Wildman–Crippen MR) is 239 cm³/mol. The van der Waals surface area contributed by atoms with Crippen molar-refractivity contribution in [3.8, 4) is 0 Å². The molecule has 0 amide bonds. The monoisotopic (exact) mass is 783 g/mol. The summed E-state index contributed by atoms with van der Waals surface area (Å²) in [5.74, 6) is 0.231. The lowest BCUT2D eigenvalue weighted by Crippen LogP contribution is -2.25. The molecule has 0 spiro atoms. The molecule has 2 N–H and O–H groups in total. The topological polar surface area (TPSA) is 93.1 Å². The van der Waals surface area contributed by atoms with Crippen molar-refractivity contribution in [1.29, 1.82) is 0 Å². The van der Waals surface area contributed by atoms with Gasteiger partial charge in [0.05, 0.1) is 6.10 Å². The summed E-state index contributed by atoms with van der Waals surface area (Å²) in [6.45, 7) is 6.44. The normalized spacial score (nSPS) is 14.0. The van der Waals surface area contributed by atoms with Crippen LogP contribution < -0.4 is 0 Å². The lowest BCUT2D eigenvalue weighted by molar-refractivity contribution is -0.152. The zero-order chi connectivity index (χ0) is 41.0. The van der Waals surface area contributed by atoms with Crippen LogP contribution in [0.2, 0.25) is 0 Å². The van der Waals surface area contributed by atoms with Gasteiger partial charge in [-0.15, -0.1) is 0 Å². The van der Waals surface area contributed by atoms with Crippen LogP contribution in [0.25, 0.3) is 0 Å². The Labute approximate surface area is 345 Å². The van der Waals surface area contributed by atoms with E-state index in [1.807, 2.05) is 30.4 Å². The maximum Gasteiger partial charge on any atom is 0.306 e. The van der Waals surface area contributed by atoms with Crippen LogP contribution in [0, 0.1) is 5.92 Å². The van der Waals surface area contributed by atoms with E-state index in [0.29, 0.717) is 19.3 Å². The van der Waals surface area contributed by atoms with Crippen molar-refractivity contribution in [2.24, 2.45) is 5.92 Å². The Hall–Kier alpha value is -2.70. The Kier molecular flexibility index (Phi) is 41.3. The van der Waals surface area contributed by atoms with Crippen LogP contribution in [-0.4, -0.2) is 47.6 Å². The molecule has 0 aliphatic rings.